The lowest BCUT2D eigenvalue weighted by molar-refractivity contribution is -0.120. The number of piperidine rings is 1. The number of nitrogens with two attached hydrogens (primary N) is 1. The van der Waals surface area contributed by atoms with Gasteiger partial charge in [-0.15, -0.1) is 0 Å². The van der Waals surface area contributed by atoms with Gasteiger partial charge in [-0.2, -0.15) is 0 Å². The molecule has 1 aliphatic heterocycles. The first-order valence-electron chi connectivity index (χ1n) is 10.1. The Morgan fingerprint density at radius 1 is 1.39 bits per heavy atom. The largest absolute Gasteiger partial charge is 0.370 e. The van der Waals surface area contributed by atoms with E-state index in [2.05, 4.69) is 20.5 Å². The van der Waals surface area contributed by atoms with E-state index in [4.69, 9.17) is 5.73 Å². The summed E-state index contributed by atoms with van der Waals surface area (Å²) in [5.41, 5.74) is 7.22. The summed E-state index contributed by atoms with van der Waals surface area (Å²) >= 11 is 0. The van der Waals surface area contributed by atoms with Gasteiger partial charge in [0.2, 0.25) is 11.8 Å². The Hall–Kier alpha value is -2.57. The molecule has 2 rings (SSSR count). The molecule has 0 bridgehead atoms. The highest BCUT2D eigenvalue weighted by molar-refractivity contribution is 5.92. The number of carbonyl (C=O) groups excluding carboxylic acids is 2. The monoisotopic (exact) mass is 387 g/mol. The van der Waals surface area contributed by atoms with Gasteiger partial charge < -0.3 is 21.3 Å². The van der Waals surface area contributed by atoms with Crippen molar-refractivity contribution < 1.29 is 9.59 Å². The van der Waals surface area contributed by atoms with Gasteiger partial charge in [-0.3, -0.25) is 14.6 Å². The van der Waals surface area contributed by atoms with Crippen molar-refractivity contribution in [3.63, 3.8) is 0 Å². The van der Waals surface area contributed by atoms with Crippen molar-refractivity contribution in [2.24, 2.45) is 22.6 Å². The highest BCUT2D eigenvalue weighted by atomic mass is 16.2. The van der Waals surface area contributed by atoms with Crippen molar-refractivity contribution in [2.75, 3.05) is 25.5 Å². The molecule has 0 spiro atoms. The molecule has 1 fully saturated rings. The van der Waals surface area contributed by atoms with E-state index in [0.29, 0.717) is 13.0 Å². The molecule has 2 unspecified atom stereocenters. The van der Waals surface area contributed by atoms with E-state index < -0.39 is 0 Å². The van der Waals surface area contributed by atoms with Crippen LogP contribution in [0.3, 0.4) is 0 Å². The van der Waals surface area contributed by atoms with Crippen molar-refractivity contribution in [3.8, 4) is 0 Å². The molecule has 154 valence electrons. The van der Waals surface area contributed by atoms with Crippen LogP contribution in [0.4, 0.5) is 5.69 Å². The molecule has 7 nitrogen and oxygen atoms in total. The van der Waals surface area contributed by atoms with Crippen LogP contribution in [0.15, 0.2) is 29.3 Å². The van der Waals surface area contributed by atoms with Gasteiger partial charge in [0, 0.05) is 44.7 Å². The fourth-order valence-corrected chi connectivity index (χ4v) is 3.43. The van der Waals surface area contributed by atoms with Gasteiger partial charge >= 0.3 is 0 Å². The summed E-state index contributed by atoms with van der Waals surface area (Å²) in [6, 6.07) is 7.84. The molecular weight excluding hydrogens is 354 g/mol. The van der Waals surface area contributed by atoms with Crippen molar-refractivity contribution in [1.29, 1.82) is 0 Å². The third kappa shape index (κ3) is 6.55. The fraction of sp³-hybridized carbons (Fsp3) is 0.571. The lowest BCUT2D eigenvalue weighted by atomic mass is 9.95. The van der Waals surface area contributed by atoms with Gasteiger partial charge in [-0.1, -0.05) is 26.0 Å². The predicted octanol–water partition coefficient (Wildman–Crippen LogP) is 2.33. The minimum absolute atomic E-state index is 0.00643. The summed E-state index contributed by atoms with van der Waals surface area (Å²) in [4.78, 5) is 29.9. The zero-order chi connectivity index (χ0) is 20.5. The van der Waals surface area contributed by atoms with Gasteiger partial charge in [0.05, 0.1) is 0 Å². The van der Waals surface area contributed by atoms with E-state index in [1.807, 2.05) is 38.1 Å². The molecule has 1 aliphatic rings. The van der Waals surface area contributed by atoms with Crippen LogP contribution in [0.25, 0.3) is 0 Å². The Labute approximate surface area is 167 Å². The summed E-state index contributed by atoms with van der Waals surface area (Å²) in [7, 11) is 1.77. The lowest BCUT2D eigenvalue weighted by Crippen LogP contribution is -2.46. The minimum atomic E-state index is -0.244. The molecule has 0 radical (unpaired) electrons. The first-order chi connectivity index (χ1) is 13.4. The molecule has 1 aromatic carbocycles. The molecule has 0 aromatic heterocycles. The molecule has 1 saturated heterocycles. The second-order valence-corrected chi connectivity index (χ2v) is 7.52. The van der Waals surface area contributed by atoms with Crippen molar-refractivity contribution in [3.05, 3.63) is 29.8 Å². The van der Waals surface area contributed by atoms with Crippen LogP contribution < -0.4 is 16.4 Å². The first-order valence-corrected chi connectivity index (χ1v) is 10.1. The number of hydrogen-bond acceptors (Lipinski definition) is 3. The topological polar surface area (TPSA) is 99.8 Å². The second-order valence-electron chi connectivity index (χ2n) is 7.52. The van der Waals surface area contributed by atoms with Crippen LogP contribution in [0.1, 0.15) is 45.1 Å². The standard InChI is InChI=1S/C21H33N5O2/c1-4-15(2)20(28)25-18-9-5-7-16(11-18)13-24-21(23-3)26-10-6-8-17(14-26)12-19(22)27/h5,7,9,11,15,17H,4,6,8,10,12-14H2,1-3H3,(H2,22,27)(H,23,24)(H,25,28). The van der Waals surface area contributed by atoms with Crippen LogP contribution in [0.5, 0.6) is 0 Å². The summed E-state index contributed by atoms with van der Waals surface area (Å²) in [6.07, 6.45) is 3.28. The van der Waals surface area contributed by atoms with Crippen molar-refractivity contribution in [1.82, 2.24) is 10.2 Å². The molecule has 0 saturated carbocycles. The number of anilines is 1. The second kappa shape index (κ2) is 10.7. The number of carbonyl (C=O) groups is 2. The number of benzene rings is 1. The van der Waals surface area contributed by atoms with Crippen molar-refractivity contribution in [2.45, 2.75) is 46.1 Å². The van der Waals surface area contributed by atoms with E-state index in [9.17, 15) is 9.59 Å². The number of nitrogens with one attached hydrogen (secondary N) is 2. The van der Waals surface area contributed by atoms with Crippen molar-refractivity contribution >= 4 is 23.5 Å². The van der Waals surface area contributed by atoms with Gasteiger partial charge in [-0.05, 0) is 42.9 Å². The molecule has 2 amide bonds. The number of rotatable bonds is 7. The first kappa shape index (κ1) is 21.7. The smallest absolute Gasteiger partial charge is 0.227 e. The summed E-state index contributed by atoms with van der Waals surface area (Å²) in [6.45, 7) is 6.24. The average molecular weight is 388 g/mol. The third-order valence-corrected chi connectivity index (χ3v) is 5.23. The number of likely N-dealkylation sites (tertiary alicyclic amines) is 1. The SMILES string of the molecule is CCC(C)C(=O)Nc1cccc(CNC(=NC)N2CCCC(CC(N)=O)C2)c1. The Bertz CT molecular complexity index is 704. The molecule has 0 aliphatic carbocycles. The maximum atomic E-state index is 12.1. The number of primary amides is 1. The molecule has 7 heteroatoms. The van der Waals surface area contributed by atoms with Gasteiger partial charge in [0.1, 0.15) is 0 Å². The lowest BCUT2D eigenvalue weighted by Gasteiger charge is -2.34. The van der Waals surface area contributed by atoms with E-state index in [0.717, 1.165) is 49.6 Å². The number of hydrogen-bond donors (Lipinski definition) is 3. The average Bonchev–Trinajstić information content (AvgIpc) is 2.68. The van der Waals surface area contributed by atoms with Gasteiger partial charge in [-0.25, -0.2) is 0 Å². The quantitative estimate of drug-likeness (QED) is 0.494. The summed E-state index contributed by atoms with van der Waals surface area (Å²) < 4.78 is 0. The van der Waals surface area contributed by atoms with Gasteiger partial charge in [0.25, 0.3) is 0 Å². The molecular formula is C21H33N5O2. The van der Waals surface area contributed by atoms with Crippen LogP contribution >= 0.6 is 0 Å². The molecule has 4 N–H and O–H groups in total. The highest BCUT2D eigenvalue weighted by Crippen LogP contribution is 2.19. The van der Waals surface area contributed by atoms with Crippen LogP contribution in [-0.2, 0) is 16.1 Å². The molecule has 1 aromatic rings. The normalized spacial score (nSPS) is 18.5. The van der Waals surface area contributed by atoms with E-state index in [-0.39, 0.29) is 23.7 Å². The number of amides is 2. The summed E-state index contributed by atoms with van der Waals surface area (Å²) in [5, 5.41) is 6.36. The van der Waals surface area contributed by atoms with Crippen LogP contribution in [0, 0.1) is 11.8 Å². The Morgan fingerprint density at radius 3 is 2.86 bits per heavy atom. The van der Waals surface area contributed by atoms with Gasteiger partial charge in [0.15, 0.2) is 5.96 Å². The van der Waals surface area contributed by atoms with E-state index in [1.165, 1.54) is 0 Å². The van der Waals surface area contributed by atoms with Crippen LogP contribution in [0.2, 0.25) is 0 Å². The predicted molar refractivity (Wildman–Crippen MR) is 113 cm³/mol. The number of guanidine groups is 1. The Balaban J connectivity index is 1.93. The Kier molecular flexibility index (Phi) is 8.29. The highest BCUT2D eigenvalue weighted by Gasteiger charge is 2.23. The molecule has 28 heavy (non-hydrogen) atoms. The summed E-state index contributed by atoms with van der Waals surface area (Å²) in [5.74, 6) is 0.892. The zero-order valence-electron chi connectivity index (χ0n) is 17.2. The van der Waals surface area contributed by atoms with E-state index >= 15 is 0 Å². The van der Waals surface area contributed by atoms with E-state index in [1.54, 1.807) is 7.05 Å². The maximum absolute atomic E-state index is 12.1. The Morgan fingerprint density at radius 2 is 2.18 bits per heavy atom. The third-order valence-electron chi connectivity index (χ3n) is 5.23. The molecule has 1 heterocycles. The molecule has 2 atom stereocenters. The zero-order valence-corrected chi connectivity index (χ0v) is 17.2. The number of aliphatic imine (C=N–C) groups is 1. The number of nitrogens with zero attached hydrogens (tertiary/aromatic N) is 2. The fourth-order valence-electron chi connectivity index (χ4n) is 3.43. The van der Waals surface area contributed by atoms with Crippen LogP contribution in [-0.4, -0.2) is 42.8 Å². The minimum Gasteiger partial charge on any atom is -0.370 e. The maximum Gasteiger partial charge on any atom is 0.227 e.